The molecule has 0 aromatic heterocycles. The average Bonchev–Trinajstić information content (AvgIpc) is 3.42. The van der Waals surface area contributed by atoms with Gasteiger partial charge in [0.2, 0.25) is 12.7 Å². The second-order valence-corrected chi connectivity index (χ2v) is 21.5. The maximum Gasteiger partial charge on any atom is 0.386 e. The minimum atomic E-state index is -3.44. The quantitative estimate of drug-likeness (QED) is 0.0433. The molecule has 0 N–H and O–H groups in total. The van der Waals surface area contributed by atoms with Crippen LogP contribution >= 0.6 is 7.14 Å². The molecule has 14 nitrogen and oxygen atoms in total. The van der Waals surface area contributed by atoms with Crippen molar-refractivity contribution in [1.29, 1.82) is 10.5 Å². The molecule has 73 heavy (non-hydrogen) atoms. The van der Waals surface area contributed by atoms with Crippen LogP contribution in [0.3, 0.4) is 0 Å². The van der Waals surface area contributed by atoms with Crippen LogP contribution in [0, 0.1) is 56.6 Å². The topological polar surface area (TPSA) is 192 Å². The van der Waals surface area contributed by atoms with Gasteiger partial charge in [-0.25, -0.2) is 32.5 Å². The molecule has 2 saturated carbocycles. The minimum absolute atomic E-state index is 0.292. The van der Waals surface area contributed by atoms with Crippen molar-refractivity contribution < 1.29 is 28.7 Å². The smallest absolute Gasteiger partial charge is 0.305 e. The highest BCUT2D eigenvalue weighted by atomic mass is 31.2. The summed E-state index contributed by atoms with van der Waals surface area (Å²) in [5, 5.41) is 35.3. The molecule has 0 radical (unpaired) electrons. The maximum absolute atomic E-state index is 14.2. The van der Waals surface area contributed by atoms with Crippen LogP contribution in [0.25, 0.3) is 9.69 Å². The molecule has 0 spiro atoms. The van der Waals surface area contributed by atoms with E-state index in [0.29, 0.717) is 27.3 Å². The van der Waals surface area contributed by atoms with Crippen molar-refractivity contribution in [2.75, 3.05) is 0 Å². The second kappa shape index (κ2) is 27.1. The lowest BCUT2D eigenvalue weighted by Crippen LogP contribution is -2.30. The van der Waals surface area contributed by atoms with Crippen molar-refractivity contribution in [3.05, 3.63) is 190 Å². The van der Waals surface area contributed by atoms with Crippen molar-refractivity contribution in [1.82, 2.24) is 0 Å². The van der Waals surface area contributed by atoms with Crippen LogP contribution in [0.1, 0.15) is 140 Å². The van der Waals surface area contributed by atoms with Crippen LogP contribution in [0.4, 0.5) is 0 Å². The summed E-state index contributed by atoms with van der Waals surface area (Å²) < 4.78 is 14.2. The van der Waals surface area contributed by atoms with E-state index in [4.69, 9.17) is 18.4 Å². The molecule has 5 aromatic carbocycles. The van der Waals surface area contributed by atoms with Crippen LogP contribution in [0.2, 0.25) is 0 Å². The molecule has 376 valence electrons. The van der Waals surface area contributed by atoms with Crippen molar-refractivity contribution in [2.45, 2.75) is 135 Å². The van der Waals surface area contributed by atoms with E-state index in [0.717, 1.165) is 68.1 Å². The number of carbonyl (C=O) groups excluding carboxylic acids is 3. The van der Waals surface area contributed by atoms with Crippen molar-refractivity contribution >= 4 is 35.2 Å². The Morgan fingerprint density at radius 3 is 1.41 bits per heavy atom. The maximum atomic E-state index is 14.2. The van der Waals surface area contributed by atoms with Crippen molar-refractivity contribution in [3.63, 3.8) is 0 Å². The molecule has 0 heterocycles. The van der Waals surface area contributed by atoms with Gasteiger partial charge in [-0.2, -0.15) is 20.8 Å². The zero-order chi connectivity index (χ0) is 53.5. The highest BCUT2D eigenvalue weighted by molar-refractivity contribution is 7.93. The summed E-state index contributed by atoms with van der Waals surface area (Å²) in [5.74, 6) is -1.42. The standard InChI is InChI=1S/C22H21O2P.C14H20N4.C14H10O4.C8H12N4/c1-16-14-17(2)21(18(3)15-16)22(23)25(24,19-10-6-4-7-11-19)20-12-8-5-9-13-20;1-16-14(10-6-3-7-11-14)18-17-13(12-15)8-4-2-5-9-13;15-13(11-7-3-1-4-8-11)17-18-14(16)12-9-5-2-6-10-12;1-7(2,6-9)11-12-8(3,4)10-5/h4-15H,1-3H3;2-11H2;1-10H;1-4H3. The molecule has 0 bridgehead atoms. The number of rotatable bonds is 10. The van der Waals surface area contributed by atoms with Gasteiger partial charge in [0.15, 0.2) is 11.1 Å². The number of nitriles is 2. The lowest BCUT2D eigenvalue weighted by molar-refractivity contribution is -0.187. The number of aryl methyl sites for hydroxylation is 3. The molecule has 7 rings (SSSR count). The summed E-state index contributed by atoms with van der Waals surface area (Å²) in [6, 6.07) is 43.0. The van der Waals surface area contributed by atoms with Gasteiger partial charge in [0.25, 0.3) is 0 Å². The first kappa shape index (κ1) is 57.7. The summed E-state index contributed by atoms with van der Waals surface area (Å²) >= 11 is 0. The van der Waals surface area contributed by atoms with Crippen LogP contribution in [0.15, 0.2) is 154 Å². The predicted molar refractivity (Wildman–Crippen MR) is 282 cm³/mol. The van der Waals surface area contributed by atoms with Gasteiger partial charge in [0.05, 0.1) is 23.3 Å². The molecule has 2 fully saturated rings. The summed E-state index contributed by atoms with van der Waals surface area (Å²) in [6.45, 7) is 26.6. The molecule has 2 aliphatic carbocycles. The zero-order valence-corrected chi connectivity index (χ0v) is 43.6. The van der Waals surface area contributed by atoms with Crippen LogP contribution in [0.5, 0.6) is 0 Å². The first-order valence-electron chi connectivity index (χ1n) is 24.1. The third-order valence-corrected chi connectivity index (χ3v) is 14.7. The third-order valence-electron chi connectivity index (χ3n) is 11.9. The fourth-order valence-electron chi connectivity index (χ4n) is 7.86. The number of carbonyl (C=O) groups is 3. The second-order valence-electron chi connectivity index (χ2n) is 18.9. The lowest BCUT2D eigenvalue weighted by atomic mass is 9.84. The minimum Gasteiger partial charge on any atom is -0.305 e. The summed E-state index contributed by atoms with van der Waals surface area (Å²) in [4.78, 5) is 52.4. The number of benzene rings is 5. The molecule has 0 atom stereocenters. The third kappa shape index (κ3) is 16.9. The molecule has 0 unspecified atom stereocenters. The van der Waals surface area contributed by atoms with E-state index in [2.05, 4.69) is 46.0 Å². The highest BCUT2D eigenvalue weighted by Crippen LogP contribution is 2.48. The normalized spacial score (nSPS) is 14.8. The Hall–Kier alpha value is -7.90. The van der Waals surface area contributed by atoms with Crippen LogP contribution < -0.4 is 10.6 Å². The Bertz CT molecular complexity index is 2740. The summed E-state index contributed by atoms with van der Waals surface area (Å²) in [5.41, 5.74) is 0.784. The predicted octanol–water partition coefficient (Wildman–Crippen LogP) is 14.0. The summed E-state index contributed by atoms with van der Waals surface area (Å²) in [7, 11) is -3.44. The van der Waals surface area contributed by atoms with Gasteiger partial charge >= 0.3 is 23.3 Å². The number of azo groups is 2. The van der Waals surface area contributed by atoms with Crippen molar-refractivity contribution in [3.8, 4) is 12.1 Å². The van der Waals surface area contributed by atoms with Gasteiger partial charge in [-0.15, -0.1) is 10.2 Å². The molecule has 0 saturated heterocycles. The van der Waals surface area contributed by atoms with E-state index in [1.807, 2.05) is 75.4 Å². The van der Waals surface area contributed by atoms with Gasteiger partial charge in [0, 0.05) is 42.9 Å². The van der Waals surface area contributed by atoms with Gasteiger partial charge in [-0.1, -0.05) is 128 Å². The fraction of sp³-hybridized carbons (Fsp3) is 0.362. The highest BCUT2D eigenvalue weighted by Gasteiger charge is 2.41. The average molecular weight is 999 g/mol. The number of hydrogen-bond donors (Lipinski definition) is 0. The van der Waals surface area contributed by atoms with Crippen LogP contribution in [-0.4, -0.2) is 39.9 Å². The van der Waals surface area contributed by atoms with E-state index < -0.39 is 41.5 Å². The number of nitrogens with zero attached hydrogens (tertiary/aromatic N) is 8. The first-order valence-corrected chi connectivity index (χ1v) is 25.8. The SMILES string of the molecule is Cc1cc(C)c(C(=O)P(=O)(c2ccccc2)c2ccccc2)c(C)c1.O=C(OOC(=O)c1ccccc1)c1ccccc1.[C-]#[N+]C(C)(C)N=NC(C)(C)C#N.[C-]#[N+]C1(N=NC2(C#N)CCCCC2)CCCCC1. The molecule has 0 amide bonds. The molecular formula is C58H63N8O6P. The molecule has 0 aliphatic heterocycles. The Morgan fingerprint density at radius 1 is 0.616 bits per heavy atom. The zero-order valence-electron chi connectivity index (χ0n) is 42.7. The molecule has 15 heteroatoms. The Kier molecular flexibility index (Phi) is 21.4. The van der Waals surface area contributed by atoms with E-state index >= 15 is 0 Å². The Morgan fingerprint density at radius 2 is 1.03 bits per heavy atom. The first-order chi connectivity index (χ1) is 34.8. The van der Waals surface area contributed by atoms with E-state index in [9.17, 15) is 24.2 Å². The summed E-state index contributed by atoms with van der Waals surface area (Å²) in [6.07, 6.45) is 9.82. The van der Waals surface area contributed by atoms with Gasteiger partial charge in [0.1, 0.15) is 0 Å². The van der Waals surface area contributed by atoms with Crippen LogP contribution in [-0.2, 0) is 14.3 Å². The molecule has 2 aliphatic rings. The molecule has 5 aromatic rings. The van der Waals surface area contributed by atoms with Crippen molar-refractivity contribution in [2.24, 2.45) is 20.5 Å². The largest absolute Gasteiger partial charge is 0.386 e. The number of hydrogen-bond acceptors (Lipinski definition) is 12. The Balaban J connectivity index is 0.000000218. The van der Waals surface area contributed by atoms with E-state index in [1.54, 1.807) is 113 Å². The van der Waals surface area contributed by atoms with E-state index in [-0.39, 0.29) is 5.52 Å². The monoisotopic (exact) mass is 998 g/mol. The van der Waals surface area contributed by atoms with E-state index in [1.165, 1.54) is 12.8 Å². The fourth-order valence-corrected chi connectivity index (χ4v) is 10.5. The van der Waals surface area contributed by atoms with Gasteiger partial charge < -0.3 is 4.57 Å². The molecular weight excluding hydrogens is 936 g/mol. The lowest BCUT2D eigenvalue weighted by Gasteiger charge is -2.27. The Labute approximate surface area is 430 Å². The van der Waals surface area contributed by atoms with Gasteiger partial charge in [-0.3, -0.25) is 14.5 Å². The van der Waals surface area contributed by atoms with Gasteiger partial charge in [-0.05, 0) is 109 Å².